The lowest BCUT2D eigenvalue weighted by molar-refractivity contribution is -0.122. The Morgan fingerprint density at radius 2 is 1.85 bits per heavy atom. The van der Waals surface area contributed by atoms with Crippen LogP contribution in [0, 0.1) is 11.6 Å². The quantitative estimate of drug-likeness (QED) is 0.765. The third-order valence-corrected chi connectivity index (χ3v) is 3.69. The van der Waals surface area contributed by atoms with E-state index in [1.54, 1.807) is 24.3 Å². The zero-order valence-corrected chi connectivity index (χ0v) is 13.7. The fourth-order valence-electron chi connectivity index (χ4n) is 2.41. The Morgan fingerprint density at radius 1 is 1.04 bits per heavy atom. The lowest BCUT2D eigenvalue weighted by Crippen LogP contribution is -2.33. The highest BCUT2D eigenvalue weighted by Crippen LogP contribution is 2.18. The maximum Gasteiger partial charge on any atom is 0.267 e. The average Bonchev–Trinajstić information content (AvgIpc) is 2.62. The van der Waals surface area contributed by atoms with Crippen molar-refractivity contribution < 1.29 is 13.6 Å². The maximum atomic E-state index is 13.9. The van der Waals surface area contributed by atoms with E-state index in [1.807, 2.05) is 0 Å². The molecule has 0 saturated heterocycles. The Balaban J connectivity index is 1.73. The molecular weight excluding hydrogens is 340 g/mol. The van der Waals surface area contributed by atoms with E-state index in [0.29, 0.717) is 5.56 Å². The van der Waals surface area contributed by atoms with E-state index in [1.165, 1.54) is 36.4 Å². The van der Waals surface area contributed by atoms with Crippen molar-refractivity contribution in [3.8, 4) is 11.3 Å². The maximum absolute atomic E-state index is 13.9. The standard InChI is InChI=1S/C19H15F2N3O2/c20-14-5-3-4-13(10-14)11-22-18(25)12-24-19(26)9-8-17(23-24)15-6-1-2-7-16(15)21/h1-10H,11-12H2,(H,22,25). The van der Waals surface area contributed by atoms with E-state index in [4.69, 9.17) is 0 Å². The summed E-state index contributed by atoms with van der Waals surface area (Å²) in [6, 6.07) is 14.5. The lowest BCUT2D eigenvalue weighted by atomic mass is 10.1. The van der Waals surface area contributed by atoms with Crippen molar-refractivity contribution in [2.75, 3.05) is 0 Å². The topological polar surface area (TPSA) is 64.0 Å². The molecule has 2 aromatic carbocycles. The largest absolute Gasteiger partial charge is 0.350 e. The number of rotatable bonds is 5. The Morgan fingerprint density at radius 3 is 2.62 bits per heavy atom. The molecular formula is C19H15F2N3O2. The van der Waals surface area contributed by atoms with Gasteiger partial charge in [0.1, 0.15) is 18.2 Å². The van der Waals surface area contributed by atoms with Crippen LogP contribution in [-0.2, 0) is 17.9 Å². The zero-order chi connectivity index (χ0) is 18.5. The van der Waals surface area contributed by atoms with Gasteiger partial charge in [-0.1, -0.05) is 24.3 Å². The van der Waals surface area contributed by atoms with Crippen molar-refractivity contribution >= 4 is 5.91 Å². The van der Waals surface area contributed by atoms with E-state index in [2.05, 4.69) is 10.4 Å². The molecule has 0 aliphatic heterocycles. The van der Waals surface area contributed by atoms with Crippen molar-refractivity contribution in [3.05, 3.63) is 88.2 Å². The van der Waals surface area contributed by atoms with Crippen LogP contribution in [0.1, 0.15) is 5.56 Å². The summed E-state index contributed by atoms with van der Waals surface area (Å²) in [5, 5.41) is 6.65. The fraction of sp³-hybridized carbons (Fsp3) is 0.105. The molecule has 0 unspecified atom stereocenters. The van der Waals surface area contributed by atoms with Gasteiger partial charge in [-0.3, -0.25) is 9.59 Å². The van der Waals surface area contributed by atoms with Gasteiger partial charge in [-0.15, -0.1) is 0 Å². The van der Waals surface area contributed by atoms with E-state index in [0.717, 1.165) is 4.68 Å². The number of carbonyl (C=O) groups is 1. The van der Waals surface area contributed by atoms with Crippen molar-refractivity contribution in [3.63, 3.8) is 0 Å². The molecule has 0 atom stereocenters. The van der Waals surface area contributed by atoms with Crippen molar-refractivity contribution in [2.45, 2.75) is 13.1 Å². The highest BCUT2D eigenvalue weighted by molar-refractivity contribution is 5.75. The monoisotopic (exact) mass is 355 g/mol. The minimum absolute atomic E-state index is 0.123. The molecule has 132 valence electrons. The first-order chi connectivity index (χ1) is 12.5. The van der Waals surface area contributed by atoms with Crippen LogP contribution < -0.4 is 10.9 Å². The molecule has 1 heterocycles. The predicted octanol–water partition coefficient (Wildman–Crippen LogP) is 2.50. The fourth-order valence-corrected chi connectivity index (χ4v) is 2.41. The molecule has 7 heteroatoms. The summed E-state index contributed by atoms with van der Waals surface area (Å²) >= 11 is 0. The van der Waals surface area contributed by atoms with Crippen LogP contribution in [0.2, 0.25) is 0 Å². The van der Waals surface area contributed by atoms with Crippen molar-refractivity contribution in [1.82, 2.24) is 15.1 Å². The van der Waals surface area contributed by atoms with E-state index in [9.17, 15) is 18.4 Å². The molecule has 0 radical (unpaired) electrons. The summed E-state index contributed by atoms with van der Waals surface area (Å²) in [5.41, 5.74) is 0.604. The molecule has 1 N–H and O–H groups in total. The van der Waals surface area contributed by atoms with Crippen molar-refractivity contribution in [2.24, 2.45) is 0 Å². The molecule has 3 rings (SSSR count). The molecule has 0 fully saturated rings. The number of aromatic nitrogens is 2. The normalized spacial score (nSPS) is 10.5. The SMILES string of the molecule is O=C(Cn1nc(-c2ccccc2F)ccc1=O)NCc1cccc(F)c1. The molecule has 1 amide bonds. The second-order valence-electron chi connectivity index (χ2n) is 5.60. The van der Waals surface area contributed by atoms with Gasteiger partial charge >= 0.3 is 0 Å². The number of amides is 1. The van der Waals surface area contributed by atoms with Gasteiger partial charge < -0.3 is 5.32 Å². The number of nitrogens with zero attached hydrogens (tertiary/aromatic N) is 2. The Bertz CT molecular complexity index is 1000. The second-order valence-corrected chi connectivity index (χ2v) is 5.60. The number of hydrogen-bond donors (Lipinski definition) is 1. The van der Waals surface area contributed by atoms with Gasteiger partial charge in [0.15, 0.2) is 0 Å². The molecule has 0 aliphatic carbocycles. The first-order valence-electron chi connectivity index (χ1n) is 7.87. The molecule has 5 nitrogen and oxygen atoms in total. The minimum Gasteiger partial charge on any atom is -0.350 e. The number of hydrogen-bond acceptors (Lipinski definition) is 3. The van der Waals surface area contributed by atoms with E-state index >= 15 is 0 Å². The van der Waals surface area contributed by atoms with Crippen LogP contribution in [0.3, 0.4) is 0 Å². The molecule has 0 bridgehead atoms. The number of benzene rings is 2. The highest BCUT2D eigenvalue weighted by Gasteiger charge is 2.10. The molecule has 0 aliphatic rings. The second kappa shape index (κ2) is 7.69. The van der Waals surface area contributed by atoms with Gasteiger partial charge in [0, 0.05) is 18.2 Å². The summed E-state index contributed by atoms with van der Waals surface area (Å²) in [6.07, 6.45) is 0. The zero-order valence-electron chi connectivity index (χ0n) is 13.7. The van der Waals surface area contributed by atoms with Crippen LogP contribution in [0.25, 0.3) is 11.3 Å². The average molecular weight is 355 g/mol. The summed E-state index contributed by atoms with van der Waals surface area (Å²) in [7, 11) is 0. The van der Waals surface area contributed by atoms with Crippen LogP contribution in [0.4, 0.5) is 8.78 Å². The first kappa shape index (κ1) is 17.5. The van der Waals surface area contributed by atoms with Crippen LogP contribution >= 0.6 is 0 Å². The third-order valence-electron chi connectivity index (χ3n) is 3.69. The molecule has 0 spiro atoms. The number of halogens is 2. The Kier molecular flexibility index (Phi) is 5.17. The van der Waals surface area contributed by atoms with Crippen LogP contribution in [0.15, 0.2) is 65.5 Å². The Hall–Kier alpha value is -3.35. The lowest BCUT2D eigenvalue weighted by Gasteiger charge is -2.09. The number of nitrogens with one attached hydrogen (secondary N) is 1. The van der Waals surface area contributed by atoms with Gasteiger partial charge in [0.2, 0.25) is 5.91 Å². The van der Waals surface area contributed by atoms with Crippen molar-refractivity contribution in [1.29, 1.82) is 0 Å². The van der Waals surface area contributed by atoms with E-state index < -0.39 is 23.1 Å². The molecule has 0 saturated carbocycles. The molecule has 3 aromatic rings. The summed E-state index contributed by atoms with van der Waals surface area (Å²) in [4.78, 5) is 24.0. The van der Waals surface area contributed by atoms with Gasteiger partial charge in [-0.2, -0.15) is 5.10 Å². The predicted molar refractivity (Wildman–Crippen MR) is 92.1 cm³/mol. The number of carbonyl (C=O) groups excluding carboxylic acids is 1. The van der Waals surface area contributed by atoms with Gasteiger partial charge in [0.05, 0.1) is 5.69 Å². The summed E-state index contributed by atoms with van der Waals surface area (Å²) in [6.45, 7) is -0.200. The molecule has 1 aromatic heterocycles. The highest BCUT2D eigenvalue weighted by atomic mass is 19.1. The van der Waals surface area contributed by atoms with Crippen LogP contribution in [-0.4, -0.2) is 15.7 Å². The van der Waals surface area contributed by atoms with E-state index in [-0.39, 0.29) is 24.3 Å². The summed E-state index contributed by atoms with van der Waals surface area (Å²) < 4.78 is 28.0. The molecule has 26 heavy (non-hydrogen) atoms. The van der Waals surface area contributed by atoms with Crippen LogP contribution in [0.5, 0.6) is 0 Å². The van der Waals surface area contributed by atoms with Gasteiger partial charge in [-0.05, 0) is 35.9 Å². The smallest absolute Gasteiger partial charge is 0.267 e. The van der Waals surface area contributed by atoms with Gasteiger partial charge in [0.25, 0.3) is 5.56 Å². The third kappa shape index (κ3) is 4.18. The Labute approximate surface area is 147 Å². The van der Waals surface area contributed by atoms with Gasteiger partial charge in [-0.25, -0.2) is 13.5 Å². The summed E-state index contributed by atoms with van der Waals surface area (Å²) in [5.74, 6) is -1.33. The minimum atomic E-state index is -0.481. The first-order valence-corrected chi connectivity index (χ1v) is 7.87.